The number of aliphatic carboxylic acids is 1. The smallest absolute Gasteiger partial charge is 0.334 e. The molecule has 42 heavy (non-hydrogen) atoms. The zero-order valence-corrected chi connectivity index (χ0v) is 24.7. The summed E-state index contributed by atoms with van der Waals surface area (Å²) >= 11 is 0. The Morgan fingerprint density at radius 3 is 2.45 bits per heavy atom. The van der Waals surface area contributed by atoms with Crippen molar-refractivity contribution in [3.63, 3.8) is 0 Å². The molecule has 0 amide bonds. The Bertz CT molecular complexity index is 1280. The largest absolute Gasteiger partial charge is 0.493 e. The molecule has 0 radical (unpaired) electrons. The number of benzene rings is 1. The molecule has 1 aromatic heterocycles. The molecule has 0 spiro atoms. The molecule has 1 fully saturated rings. The van der Waals surface area contributed by atoms with E-state index in [4.69, 9.17) is 9.47 Å². The third-order valence-electron chi connectivity index (χ3n) is 7.44. The third kappa shape index (κ3) is 7.55. The summed E-state index contributed by atoms with van der Waals surface area (Å²) in [5, 5.41) is 33.2. The van der Waals surface area contributed by atoms with Crippen molar-refractivity contribution in [3.05, 3.63) is 74.7 Å². The molecular formula is C30H40N6O6. The van der Waals surface area contributed by atoms with Gasteiger partial charge in [0.2, 0.25) is 5.88 Å². The van der Waals surface area contributed by atoms with E-state index in [1.807, 2.05) is 26.0 Å². The zero-order valence-electron chi connectivity index (χ0n) is 24.7. The minimum atomic E-state index is -1.20. The van der Waals surface area contributed by atoms with Crippen molar-refractivity contribution in [2.45, 2.75) is 59.0 Å². The van der Waals surface area contributed by atoms with Crippen LogP contribution >= 0.6 is 0 Å². The number of unbranched alkanes of at least 4 members (excludes halogenated alkanes) is 2. The topological polar surface area (TPSA) is 143 Å². The Balaban J connectivity index is 1.25. The highest BCUT2D eigenvalue weighted by molar-refractivity contribution is 5.91. The fourth-order valence-electron chi connectivity index (χ4n) is 5.44. The van der Waals surface area contributed by atoms with E-state index in [-0.39, 0.29) is 17.4 Å². The number of anilines is 1. The number of nitrogens with one attached hydrogen (secondary N) is 1. The first-order valence-corrected chi connectivity index (χ1v) is 14.4. The molecule has 1 atom stereocenters. The van der Waals surface area contributed by atoms with Gasteiger partial charge in [0, 0.05) is 43.5 Å². The lowest BCUT2D eigenvalue weighted by Gasteiger charge is -2.35. The first kappa shape index (κ1) is 30.8. The van der Waals surface area contributed by atoms with Gasteiger partial charge in [-0.2, -0.15) is 0 Å². The van der Waals surface area contributed by atoms with Crippen LogP contribution in [0.3, 0.4) is 0 Å². The standard InChI is InChI=1S/C30H40N6O6/c1-20(2)42-26-13-12-25(32-33-26)35-17-15-34(16-18-35)14-8-5-9-19-41-24-11-7-6-10-23(24)28-27(30(37)38)21(3)31-22(4)29(28)36(39)40/h6-7,10-13,20,28,31H,5,8-9,14-19H2,1-4H3,(H,37,38). The second-order valence-electron chi connectivity index (χ2n) is 10.8. The number of hydrogen-bond donors (Lipinski definition) is 2. The summed E-state index contributed by atoms with van der Waals surface area (Å²) in [7, 11) is 0. The molecule has 12 heteroatoms. The summed E-state index contributed by atoms with van der Waals surface area (Å²) in [5.41, 5.74) is 0.955. The highest BCUT2D eigenvalue weighted by Gasteiger charge is 2.41. The number of ether oxygens (including phenoxy) is 2. The SMILES string of the molecule is CC1=C(C(=O)O)C(c2ccccc2OCCCCCN2CCN(c3ccc(OC(C)C)nn3)CC2)C([N+](=O)[O-])=C(C)N1. The number of allylic oxidation sites excluding steroid dienone is 3. The van der Waals surface area contributed by atoms with Crippen LogP contribution in [0.4, 0.5) is 5.82 Å². The molecule has 1 unspecified atom stereocenters. The van der Waals surface area contributed by atoms with Gasteiger partial charge in [-0.25, -0.2) is 4.79 Å². The van der Waals surface area contributed by atoms with E-state index in [2.05, 4.69) is 25.3 Å². The Labute approximate surface area is 246 Å². The van der Waals surface area contributed by atoms with E-state index in [9.17, 15) is 20.0 Å². The maximum atomic E-state index is 12.1. The second kappa shape index (κ2) is 14.1. The van der Waals surface area contributed by atoms with E-state index >= 15 is 0 Å². The number of nitrogens with zero attached hydrogens (tertiary/aromatic N) is 5. The maximum absolute atomic E-state index is 12.1. The number of rotatable bonds is 13. The van der Waals surface area contributed by atoms with Crippen LogP contribution in [-0.4, -0.2) is 76.5 Å². The monoisotopic (exact) mass is 580 g/mol. The van der Waals surface area contributed by atoms with Gasteiger partial charge in [-0.15, -0.1) is 10.2 Å². The van der Waals surface area contributed by atoms with Gasteiger partial charge in [0.05, 0.1) is 28.9 Å². The number of dihydropyridines is 1. The molecule has 0 aliphatic carbocycles. The Morgan fingerprint density at radius 1 is 1.07 bits per heavy atom. The number of carbonyl (C=O) groups is 1. The fraction of sp³-hybridized carbons (Fsp3) is 0.500. The number of carboxylic acids is 1. The number of para-hydroxylation sites is 1. The lowest BCUT2D eigenvalue weighted by atomic mass is 9.83. The molecule has 2 aromatic rings. The van der Waals surface area contributed by atoms with Crippen LogP contribution in [0.5, 0.6) is 11.6 Å². The Morgan fingerprint density at radius 2 is 1.81 bits per heavy atom. The van der Waals surface area contributed by atoms with E-state index < -0.39 is 16.8 Å². The average molecular weight is 581 g/mol. The van der Waals surface area contributed by atoms with Gasteiger partial charge >= 0.3 is 5.97 Å². The van der Waals surface area contributed by atoms with E-state index in [0.29, 0.717) is 35.2 Å². The number of piperazine rings is 1. The van der Waals surface area contributed by atoms with Gasteiger partial charge < -0.3 is 24.8 Å². The predicted molar refractivity (Wildman–Crippen MR) is 158 cm³/mol. The lowest BCUT2D eigenvalue weighted by Crippen LogP contribution is -2.47. The molecule has 1 saturated heterocycles. The molecule has 12 nitrogen and oxygen atoms in total. The normalized spacial score (nSPS) is 17.8. The van der Waals surface area contributed by atoms with Gasteiger partial charge in [0.15, 0.2) is 5.82 Å². The van der Waals surface area contributed by atoms with Gasteiger partial charge in [-0.1, -0.05) is 18.2 Å². The molecule has 0 bridgehead atoms. The molecule has 2 aliphatic heterocycles. The number of carboxylic acid groups (broad SMARTS) is 1. The third-order valence-corrected chi connectivity index (χ3v) is 7.44. The molecule has 1 aromatic carbocycles. The molecule has 2 aliphatic rings. The quantitative estimate of drug-likeness (QED) is 0.200. The summed E-state index contributed by atoms with van der Waals surface area (Å²) < 4.78 is 11.7. The van der Waals surface area contributed by atoms with Gasteiger partial charge in [0.25, 0.3) is 5.70 Å². The van der Waals surface area contributed by atoms with Gasteiger partial charge in [0.1, 0.15) is 11.7 Å². The van der Waals surface area contributed by atoms with Gasteiger partial charge in [-0.3, -0.25) is 15.0 Å². The molecular weight excluding hydrogens is 540 g/mol. The summed E-state index contributed by atoms with van der Waals surface area (Å²) in [4.78, 5) is 28.3. The van der Waals surface area contributed by atoms with E-state index in [1.165, 1.54) is 0 Å². The van der Waals surface area contributed by atoms with E-state index in [1.54, 1.807) is 38.1 Å². The summed E-state index contributed by atoms with van der Waals surface area (Å²) in [5.74, 6) is -0.368. The first-order chi connectivity index (χ1) is 20.2. The average Bonchev–Trinajstić information content (AvgIpc) is 2.94. The molecule has 3 heterocycles. The highest BCUT2D eigenvalue weighted by atomic mass is 16.6. The van der Waals surface area contributed by atoms with Crippen molar-refractivity contribution in [2.75, 3.05) is 44.2 Å². The van der Waals surface area contributed by atoms with Crippen LogP contribution in [0.2, 0.25) is 0 Å². The number of hydrogen-bond acceptors (Lipinski definition) is 10. The maximum Gasteiger partial charge on any atom is 0.334 e. The summed E-state index contributed by atoms with van der Waals surface area (Å²) in [6.45, 7) is 12.3. The highest BCUT2D eigenvalue weighted by Crippen LogP contribution is 2.42. The van der Waals surface area contributed by atoms with E-state index in [0.717, 1.165) is 57.8 Å². The van der Waals surface area contributed by atoms with Gasteiger partial charge in [-0.05, 0) is 65.6 Å². The number of aromatic nitrogens is 2. The minimum absolute atomic E-state index is 0.0485. The van der Waals surface area contributed by atoms with Crippen LogP contribution in [0.15, 0.2) is 59.1 Å². The first-order valence-electron chi connectivity index (χ1n) is 14.4. The van der Waals surface area contributed by atoms with Crippen molar-refractivity contribution >= 4 is 11.8 Å². The summed E-state index contributed by atoms with van der Waals surface area (Å²) in [6, 6.07) is 10.8. The van der Waals surface area contributed by atoms with Crippen LogP contribution in [0.1, 0.15) is 58.4 Å². The van der Waals surface area contributed by atoms with Crippen molar-refractivity contribution in [3.8, 4) is 11.6 Å². The number of nitro groups is 1. The molecule has 4 rings (SSSR count). The van der Waals surface area contributed by atoms with Crippen LogP contribution < -0.4 is 19.7 Å². The fourth-order valence-corrected chi connectivity index (χ4v) is 5.44. The predicted octanol–water partition coefficient (Wildman–Crippen LogP) is 4.19. The van der Waals surface area contributed by atoms with Crippen LogP contribution in [-0.2, 0) is 4.79 Å². The van der Waals surface area contributed by atoms with Crippen LogP contribution in [0.25, 0.3) is 0 Å². The Hall–Kier alpha value is -4.19. The minimum Gasteiger partial charge on any atom is -0.493 e. The lowest BCUT2D eigenvalue weighted by molar-refractivity contribution is -0.431. The molecule has 226 valence electrons. The molecule has 0 saturated carbocycles. The summed E-state index contributed by atoms with van der Waals surface area (Å²) in [6.07, 6.45) is 2.88. The van der Waals surface area contributed by atoms with Crippen LogP contribution in [0, 0.1) is 10.1 Å². The molecule has 2 N–H and O–H groups in total. The van der Waals surface area contributed by atoms with Crippen molar-refractivity contribution < 1.29 is 24.3 Å². The Kier molecular flexibility index (Phi) is 10.3. The van der Waals surface area contributed by atoms with Crippen molar-refractivity contribution in [1.29, 1.82) is 0 Å². The zero-order chi connectivity index (χ0) is 30.2. The van der Waals surface area contributed by atoms with Crippen molar-refractivity contribution in [2.24, 2.45) is 0 Å². The van der Waals surface area contributed by atoms with Crippen molar-refractivity contribution in [1.82, 2.24) is 20.4 Å². The second-order valence-corrected chi connectivity index (χ2v) is 10.8.